The highest BCUT2D eigenvalue weighted by Crippen LogP contribution is 2.23. The molecule has 0 unspecified atom stereocenters. The summed E-state index contributed by atoms with van der Waals surface area (Å²) >= 11 is 0. The molecule has 18 heavy (non-hydrogen) atoms. The first-order valence-electron chi connectivity index (χ1n) is 6.54. The number of pyridine rings is 1. The van der Waals surface area contributed by atoms with E-state index >= 15 is 0 Å². The van der Waals surface area contributed by atoms with Gasteiger partial charge in [0.1, 0.15) is 0 Å². The Balaban J connectivity index is 1.73. The summed E-state index contributed by atoms with van der Waals surface area (Å²) in [6, 6.07) is 2.35. The molecule has 2 aliphatic rings. The molecule has 1 aliphatic heterocycles. The van der Waals surface area contributed by atoms with E-state index in [4.69, 9.17) is 4.74 Å². The summed E-state index contributed by atoms with van der Waals surface area (Å²) < 4.78 is 19.6. The van der Waals surface area contributed by atoms with Crippen LogP contribution in [0.4, 0.5) is 10.2 Å². The van der Waals surface area contributed by atoms with E-state index in [1.807, 2.05) is 4.90 Å². The number of halogens is 1. The number of rotatable bonds is 4. The molecule has 0 spiro atoms. The summed E-state index contributed by atoms with van der Waals surface area (Å²) in [7, 11) is 0. The van der Waals surface area contributed by atoms with Crippen molar-refractivity contribution in [2.75, 3.05) is 31.2 Å². The van der Waals surface area contributed by atoms with E-state index in [1.165, 1.54) is 12.8 Å². The van der Waals surface area contributed by atoms with E-state index in [9.17, 15) is 4.39 Å². The van der Waals surface area contributed by atoms with Gasteiger partial charge in [-0.3, -0.25) is 0 Å². The molecule has 1 aliphatic carbocycles. The minimum absolute atomic E-state index is 0.187. The van der Waals surface area contributed by atoms with Gasteiger partial charge in [0.2, 0.25) is 0 Å². The molecule has 0 radical (unpaired) electrons. The van der Waals surface area contributed by atoms with Crippen molar-refractivity contribution < 1.29 is 9.13 Å². The van der Waals surface area contributed by atoms with Crippen LogP contribution in [0.5, 0.6) is 0 Å². The molecule has 0 atom stereocenters. The molecule has 2 fully saturated rings. The van der Waals surface area contributed by atoms with Crippen LogP contribution in [0.2, 0.25) is 0 Å². The highest BCUT2D eigenvalue weighted by atomic mass is 19.1. The van der Waals surface area contributed by atoms with Crippen molar-refractivity contribution in [3.05, 3.63) is 23.6 Å². The summed E-state index contributed by atoms with van der Waals surface area (Å²) in [5.74, 6) is 0.279. The molecule has 3 rings (SSSR count). The van der Waals surface area contributed by atoms with Crippen LogP contribution in [0, 0.1) is 5.82 Å². The molecule has 0 amide bonds. The van der Waals surface area contributed by atoms with E-state index in [2.05, 4.69) is 10.3 Å². The average molecular weight is 251 g/mol. The van der Waals surface area contributed by atoms with Crippen LogP contribution in [0.3, 0.4) is 0 Å². The minimum Gasteiger partial charge on any atom is -0.378 e. The number of morpholine rings is 1. The van der Waals surface area contributed by atoms with Crippen LogP contribution >= 0.6 is 0 Å². The highest BCUT2D eigenvalue weighted by molar-refractivity contribution is 5.43. The van der Waals surface area contributed by atoms with Crippen LogP contribution in [0.15, 0.2) is 12.3 Å². The minimum atomic E-state index is -0.187. The number of hydrogen-bond acceptors (Lipinski definition) is 4. The van der Waals surface area contributed by atoms with Crippen molar-refractivity contribution in [1.29, 1.82) is 0 Å². The number of nitrogens with zero attached hydrogens (tertiary/aromatic N) is 2. The van der Waals surface area contributed by atoms with Gasteiger partial charge in [-0.15, -0.1) is 0 Å². The summed E-state index contributed by atoms with van der Waals surface area (Å²) in [5, 5.41) is 3.33. The van der Waals surface area contributed by atoms with Crippen molar-refractivity contribution in [2.24, 2.45) is 0 Å². The van der Waals surface area contributed by atoms with E-state index < -0.39 is 0 Å². The number of hydrogen-bond donors (Lipinski definition) is 1. The van der Waals surface area contributed by atoms with Crippen LogP contribution < -0.4 is 10.2 Å². The Kier molecular flexibility index (Phi) is 3.43. The van der Waals surface area contributed by atoms with Crippen LogP contribution in [-0.2, 0) is 11.3 Å². The molecule has 4 nitrogen and oxygen atoms in total. The zero-order valence-electron chi connectivity index (χ0n) is 10.4. The quantitative estimate of drug-likeness (QED) is 0.875. The van der Waals surface area contributed by atoms with Gasteiger partial charge in [0, 0.05) is 37.4 Å². The first kappa shape index (κ1) is 11.9. The zero-order chi connectivity index (χ0) is 12.4. The first-order valence-corrected chi connectivity index (χ1v) is 6.54. The van der Waals surface area contributed by atoms with E-state index in [-0.39, 0.29) is 5.82 Å². The highest BCUT2D eigenvalue weighted by Gasteiger charge is 2.22. The SMILES string of the molecule is Fc1c(CNC2CC2)ccnc1N1CCOCC1. The molecule has 1 N–H and O–H groups in total. The summed E-state index contributed by atoms with van der Waals surface area (Å²) in [6.07, 6.45) is 4.11. The van der Waals surface area contributed by atoms with Gasteiger partial charge < -0.3 is 15.0 Å². The Morgan fingerprint density at radius 3 is 2.89 bits per heavy atom. The maximum atomic E-state index is 14.3. The van der Waals surface area contributed by atoms with Gasteiger partial charge >= 0.3 is 0 Å². The average Bonchev–Trinajstić information content (AvgIpc) is 3.23. The predicted molar refractivity (Wildman–Crippen MR) is 67.1 cm³/mol. The third kappa shape index (κ3) is 2.62. The Morgan fingerprint density at radius 2 is 2.17 bits per heavy atom. The van der Waals surface area contributed by atoms with Gasteiger partial charge in [0.15, 0.2) is 11.6 Å². The molecule has 5 heteroatoms. The standard InChI is InChI=1S/C13H18FN3O/c14-12-10(9-16-11-1-2-11)3-4-15-13(12)17-5-7-18-8-6-17/h3-4,11,16H,1-2,5-9H2. The van der Waals surface area contributed by atoms with E-state index in [0.717, 1.165) is 0 Å². The molecule has 98 valence electrons. The van der Waals surface area contributed by atoms with Crippen molar-refractivity contribution in [3.8, 4) is 0 Å². The van der Waals surface area contributed by atoms with Crippen molar-refractivity contribution in [3.63, 3.8) is 0 Å². The van der Waals surface area contributed by atoms with Crippen molar-refractivity contribution in [2.45, 2.75) is 25.4 Å². The third-order valence-corrected chi connectivity index (χ3v) is 3.42. The summed E-state index contributed by atoms with van der Waals surface area (Å²) in [5.41, 5.74) is 0.707. The molecule has 2 heterocycles. The molecule has 0 bridgehead atoms. The van der Waals surface area contributed by atoms with Crippen LogP contribution in [-0.4, -0.2) is 37.3 Å². The first-order chi connectivity index (χ1) is 8.84. The second-order valence-corrected chi connectivity index (χ2v) is 4.86. The topological polar surface area (TPSA) is 37.4 Å². The lowest BCUT2D eigenvalue weighted by molar-refractivity contribution is 0.122. The molecular formula is C13H18FN3O. The van der Waals surface area contributed by atoms with Gasteiger partial charge in [-0.1, -0.05) is 0 Å². The van der Waals surface area contributed by atoms with Gasteiger partial charge in [-0.05, 0) is 18.9 Å². The summed E-state index contributed by atoms with van der Waals surface area (Å²) in [4.78, 5) is 6.13. The lowest BCUT2D eigenvalue weighted by Crippen LogP contribution is -2.37. The molecule has 1 aromatic heterocycles. The normalized spacial score (nSPS) is 20.2. The van der Waals surface area contributed by atoms with Gasteiger partial charge in [-0.25, -0.2) is 9.37 Å². The number of nitrogens with one attached hydrogen (secondary N) is 1. The second kappa shape index (κ2) is 5.20. The van der Waals surface area contributed by atoms with E-state index in [0.29, 0.717) is 50.3 Å². The van der Waals surface area contributed by atoms with Crippen molar-refractivity contribution in [1.82, 2.24) is 10.3 Å². The lowest BCUT2D eigenvalue weighted by Gasteiger charge is -2.28. The number of ether oxygens (including phenoxy) is 1. The third-order valence-electron chi connectivity index (χ3n) is 3.42. The fourth-order valence-corrected chi connectivity index (χ4v) is 2.15. The fraction of sp³-hybridized carbons (Fsp3) is 0.615. The van der Waals surface area contributed by atoms with Crippen LogP contribution in [0.1, 0.15) is 18.4 Å². The lowest BCUT2D eigenvalue weighted by atomic mass is 10.2. The monoisotopic (exact) mass is 251 g/mol. The number of anilines is 1. The second-order valence-electron chi connectivity index (χ2n) is 4.86. The molecular weight excluding hydrogens is 233 g/mol. The zero-order valence-corrected chi connectivity index (χ0v) is 10.4. The maximum Gasteiger partial charge on any atom is 0.170 e. The molecule has 1 aromatic rings. The summed E-state index contributed by atoms with van der Waals surface area (Å²) in [6.45, 7) is 3.31. The number of aromatic nitrogens is 1. The van der Waals surface area contributed by atoms with Gasteiger partial charge in [0.05, 0.1) is 13.2 Å². The Hall–Kier alpha value is -1.20. The molecule has 0 aromatic carbocycles. The maximum absolute atomic E-state index is 14.3. The smallest absolute Gasteiger partial charge is 0.170 e. The van der Waals surface area contributed by atoms with E-state index in [1.54, 1.807) is 12.3 Å². The fourth-order valence-electron chi connectivity index (χ4n) is 2.15. The van der Waals surface area contributed by atoms with Gasteiger partial charge in [-0.2, -0.15) is 0 Å². The largest absolute Gasteiger partial charge is 0.378 e. The Morgan fingerprint density at radius 1 is 1.39 bits per heavy atom. The predicted octanol–water partition coefficient (Wildman–Crippen LogP) is 1.31. The van der Waals surface area contributed by atoms with Crippen LogP contribution in [0.25, 0.3) is 0 Å². The van der Waals surface area contributed by atoms with Crippen molar-refractivity contribution >= 4 is 5.82 Å². The van der Waals surface area contributed by atoms with Gasteiger partial charge in [0.25, 0.3) is 0 Å². The Bertz CT molecular complexity index is 417. The molecule has 1 saturated carbocycles. The molecule has 1 saturated heterocycles. The Labute approximate surface area is 106 Å².